The van der Waals surface area contributed by atoms with Gasteiger partial charge in [-0.2, -0.15) is 13.2 Å². The van der Waals surface area contributed by atoms with Gasteiger partial charge in [0.1, 0.15) is 11.4 Å². The molecule has 1 aromatic carbocycles. The second-order valence-electron chi connectivity index (χ2n) is 8.37. The minimum Gasteiger partial charge on any atom is -0.493 e. The second-order valence-corrected chi connectivity index (χ2v) is 9.16. The van der Waals surface area contributed by atoms with Crippen LogP contribution in [0.3, 0.4) is 0 Å². The predicted octanol–water partition coefficient (Wildman–Crippen LogP) is 5.39. The highest BCUT2D eigenvalue weighted by molar-refractivity contribution is 9.09. The molecule has 1 unspecified atom stereocenters. The molecule has 198 valence electrons. The van der Waals surface area contributed by atoms with Crippen molar-refractivity contribution >= 4 is 33.6 Å². The van der Waals surface area contributed by atoms with E-state index in [0.717, 1.165) is 63.7 Å². The Hall–Kier alpha value is -3.09. The van der Waals surface area contributed by atoms with Gasteiger partial charge in [0.2, 0.25) is 0 Å². The van der Waals surface area contributed by atoms with Crippen LogP contribution in [0.4, 0.5) is 18.9 Å². The first kappa shape index (κ1) is 29.1. The Morgan fingerprint density at radius 3 is 2.22 bits per heavy atom. The number of alkyl halides is 4. The third-order valence-corrected chi connectivity index (χ3v) is 6.69. The predicted molar refractivity (Wildman–Crippen MR) is 127 cm³/mol. The molecule has 1 atom stereocenters. The Balaban J connectivity index is 2.85. The third kappa shape index (κ3) is 5.66. The number of allylic oxidation sites excluding steroid dienone is 2. The first-order chi connectivity index (χ1) is 16.7. The highest BCUT2D eigenvalue weighted by atomic mass is 79.9. The number of non-ortho nitro benzene ring substituents is 1. The Morgan fingerprint density at radius 2 is 1.72 bits per heavy atom. The van der Waals surface area contributed by atoms with Crippen LogP contribution in [0.1, 0.15) is 45.1 Å². The van der Waals surface area contributed by atoms with E-state index in [2.05, 4.69) is 15.9 Å². The van der Waals surface area contributed by atoms with Gasteiger partial charge >= 0.3 is 18.1 Å². The topological polar surface area (TPSA) is 130 Å². The van der Waals surface area contributed by atoms with Gasteiger partial charge in [-0.1, -0.05) is 28.8 Å². The summed E-state index contributed by atoms with van der Waals surface area (Å²) in [6.45, 7) is 2.21. The zero-order chi connectivity index (χ0) is 27.4. The van der Waals surface area contributed by atoms with Crippen LogP contribution in [0.15, 0.2) is 40.7 Å². The molecule has 2 N–H and O–H groups in total. The van der Waals surface area contributed by atoms with Gasteiger partial charge in [0, 0.05) is 35.8 Å². The summed E-state index contributed by atoms with van der Waals surface area (Å²) in [5.74, 6) is -3.83. The van der Waals surface area contributed by atoms with Crippen LogP contribution >= 0.6 is 15.9 Å². The number of aliphatic carboxylic acids is 2. The molecule has 0 fully saturated rings. The lowest BCUT2D eigenvalue weighted by Gasteiger charge is -2.42. The maximum absolute atomic E-state index is 14.1. The Bertz CT molecular complexity index is 1120. The van der Waals surface area contributed by atoms with E-state index in [1.807, 2.05) is 0 Å². The quantitative estimate of drug-likeness (QED) is 0.155. The summed E-state index contributed by atoms with van der Waals surface area (Å²) in [6, 6.07) is 3.09. The highest BCUT2D eigenvalue weighted by Gasteiger charge is 2.56. The second kappa shape index (κ2) is 11.3. The lowest BCUT2D eigenvalue weighted by Crippen LogP contribution is -2.46. The molecule has 36 heavy (non-hydrogen) atoms. The van der Waals surface area contributed by atoms with Crippen LogP contribution in [0, 0.1) is 10.1 Å². The van der Waals surface area contributed by atoms with Crippen LogP contribution in [-0.2, 0) is 15.0 Å². The number of carboxylic acids is 2. The average Bonchev–Trinajstić information content (AvgIpc) is 2.77. The largest absolute Gasteiger partial charge is 0.493 e. The number of unbranched alkanes of at least 4 members (excludes halogenated alkanes) is 3. The molecule has 0 amide bonds. The highest BCUT2D eigenvalue weighted by Crippen LogP contribution is 2.52. The number of nitrogens with zero attached hydrogens (tertiary/aromatic N) is 2. The summed E-state index contributed by atoms with van der Waals surface area (Å²) < 4.78 is 48.2. The van der Waals surface area contributed by atoms with Crippen molar-refractivity contribution in [1.29, 1.82) is 0 Å². The van der Waals surface area contributed by atoms with Crippen LogP contribution in [0.25, 0.3) is 0 Å². The number of hydrogen-bond acceptors (Lipinski definition) is 6. The minimum atomic E-state index is -5.17. The lowest BCUT2D eigenvalue weighted by molar-refractivity contribution is -0.385. The molecule has 1 aliphatic rings. The zero-order valence-corrected chi connectivity index (χ0v) is 21.4. The van der Waals surface area contributed by atoms with Crippen molar-refractivity contribution in [2.24, 2.45) is 0 Å². The average molecular weight is 579 g/mol. The van der Waals surface area contributed by atoms with Gasteiger partial charge < -0.3 is 19.8 Å². The molecule has 1 heterocycles. The van der Waals surface area contributed by atoms with E-state index >= 15 is 0 Å². The standard InChI is InChI=1S/C23H26BrF3N2O7/c1-13-17(20(30)31)22(2,18(21(32)33)19(28(13)3)23(25,26)27)15-12-14(29(34)35)8-9-16(15)36-11-7-5-4-6-10-24/h8-9,12H,4-7,10-11H2,1-3H3,(H,30,31)(H,32,33). The van der Waals surface area contributed by atoms with Crippen LogP contribution < -0.4 is 4.74 Å². The number of carboxylic acid groups (broad SMARTS) is 2. The van der Waals surface area contributed by atoms with Gasteiger partial charge in [0.05, 0.1) is 28.1 Å². The fourth-order valence-electron chi connectivity index (χ4n) is 4.39. The first-order valence-corrected chi connectivity index (χ1v) is 12.0. The van der Waals surface area contributed by atoms with Gasteiger partial charge in [-0.3, -0.25) is 10.1 Å². The van der Waals surface area contributed by atoms with Crippen molar-refractivity contribution in [3.05, 3.63) is 56.4 Å². The van der Waals surface area contributed by atoms with Crippen molar-refractivity contribution in [1.82, 2.24) is 4.90 Å². The van der Waals surface area contributed by atoms with Gasteiger partial charge in [-0.05, 0) is 32.8 Å². The summed E-state index contributed by atoms with van der Waals surface area (Å²) in [4.78, 5) is 35.8. The van der Waals surface area contributed by atoms with E-state index in [-0.39, 0.29) is 23.6 Å². The van der Waals surface area contributed by atoms with Crippen LogP contribution in [0.5, 0.6) is 5.75 Å². The van der Waals surface area contributed by atoms with E-state index in [1.54, 1.807) is 0 Å². The van der Waals surface area contributed by atoms with Gasteiger partial charge in [0.25, 0.3) is 5.69 Å². The molecule has 0 spiro atoms. The molecule has 0 bridgehead atoms. The van der Waals surface area contributed by atoms with E-state index in [0.29, 0.717) is 11.3 Å². The molecule has 9 nitrogen and oxygen atoms in total. The molecular weight excluding hydrogens is 553 g/mol. The number of halogens is 4. The Morgan fingerprint density at radius 1 is 1.14 bits per heavy atom. The van der Waals surface area contributed by atoms with Crippen molar-refractivity contribution in [2.45, 2.75) is 51.1 Å². The Kier molecular flexibility index (Phi) is 9.16. The summed E-state index contributed by atoms with van der Waals surface area (Å²) in [5.41, 5.74) is -7.25. The van der Waals surface area contributed by atoms with Crippen molar-refractivity contribution in [2.75, 3.05) is 19.0 Å². The number of rotatable bonds is 11. The monoisotopic (exact) mass is 578 g/mol. The number of carbonyl (C=O) groups is 2. The normalized spacial score (nSPS) is 18.5. The molecule has 1 aromatic rings. The van der Waals surface area contributed by atoms with Gasteiger partial charge in [0.15, 0.2) is 0 Å². The van der Waals surface area contributed by atoms with Crippen LogP contribution in [0.2, 0.25) is 0 Å². The van der Waals surface area contributed by atoms with E-state index < -0.39 is 51.0 Å². The van der Waals surface area contributed by atoms with Crippen molar-refractivity contribution < 1.29 is 42.6 Å². The smallest absolute Gasteiger partial charge is 0.432 e. The fourth-order valence-corrected chi connectivity index (χ4v) is 4.79. The molecule has 13 heteroatoms. The minimum absolute atomic E-state index is 0.0897. The number of ether oxygens (including phenoxy) is 1. The summed E-state index contributed by atoms with van der Waals surface area (Å²) in [6.07, 6.45) is -2.04. The summed E-state index contributed by atoms with van der Waals surface area (Å²) in [7, 11) is 0.918. The van der Waals surface area contributed by atoms with E-state index in [9.17, 15) is 43.1 Å². The number of hydrogen-bond donors (Lipinski definition) is 2. The number of nitro benzene ring substituents is 1. The third-order valence-electron chi connectivity index (χ3n) is 6.13. The molecule has 0 aliphatic carbocycles. The Labute approximate surface area is 213 Å². The fraction of sp³-hybridized carbons (Fsp3) is 0.478. The number of benzene rings is 1. The lowest BCUT2D eigenvalue weighted by atomic mass is 9.66. The SMILES string of the molecule is CC1=C(C(=O)O)C(C)(c2cc([N+](=O)[O-])ccc2OCCCCCCBr)C(C(=O)O)=C(C(F)(F)F)N1C. The molecule has 0 aromatic heterocycles. The zero-order valence-electron chi connectivity index (χ0n) is 19.8. The van der Waals surface area contributed by atoms with E-state index in [1.165, 1.54) is 0 Å². The van der Waals surface area contributed by atoms with Gasteiger partial charge in [-0.25, -0.2) is 9.59 Å². The molecule has 0 radical (unpaired) electrons. The maximum atomic E-state index is 14.1. The molecule has 1 aliphatic heterocycles. The molecule has 2 rings (SSSR count). The molecule has 0 saturated heterocycles. The van der Waals surface area contributed by atoms with Crippen molar-refractivity contribution in [3.63, 3.8) is 0 Å². The number of nitro groups is 1. The molecular formula is C23H26BrF3N2O7. The molecule has 0 saturated carbocycles. The first-order valence-electron chi connectivity index (χ1n) is 10.9. The van der Waals surface area contributed by atoms with Crippen LogP contribution in [-0.4, -0.2) is 57.1 Å². The van der Waals surface area contributed by atoms with E-state index in [4.69, 9.17) is 4.74 Å². The summed E-state index contributed by atoms with van der Waals surface area (Å²) in [5, 5.41) is 32.3. The maximum Gasteiger partial charge on any atom is 0.432 e. The van der Waals surface area contributed by atoms with Gasteiger partial charge in [-0.15, -0.1) is 0 Å². The summed E-state index contributed by atoms with van der Waals surface area (Å²) >= 11 is 3.32. The van der Waals surface area contributed by atoms with Crippen molar-refractivity contribution in [3.8, 4) is 5.75 Å².